The summed E-state index contributed by atoms with van der Waals surface area (Å²) in [5, 5.41) is 27.3. The van der Waals surface area contributed by atoms with Crippen molar-refractivity contribution in [3.8, 4) is 0 Å². The molecule has 19 heavy (non-hydrogen) atoms. The number of hydrogen-bond acceptors (Lipinski definition) is 5. The van der Waals surface area contributed by atoms with Crippen LogP contribution in [-0.2, 0) is 19.1 Å². The van der Waals surface area contributed by atoms with Crippen molar-refractivity contribution in [2.24, 2.45) is 11.8 Å². The van der Waals surface area contributed by atoms with Gasteiger partial charge in [-0.1, -0.05) is 6.92 Å². The van der Waals surface area contributed by atoms with Gasteiger partial charge in [-0.2, -0.15) is 0 Å². The van der Waals surface area contributed by atoms with E-state index in [1.807, 2.05) is 0 Å². The van der Waals surface area contributed by atoms with Crippen molar-refractivity contribution in [2.75, 3.05) is 7.11 Å². The quantitative estimate of drug-likeness (QED) is 0.414. The minimum Gasteiger partial charge on any atom is -0.481 e. The van der Waals surface area contributed by atoms with Crippen LogP contribution >= 0.6 is 0 Å². The standard InChI is InChI=1S/C12H20O7/c1-3-7(10(14)15)6-8(13)4-5-9(11(16)17)12(18)19-2/h7-9,13H,3-6H2,1-2H3,(H,14,15)(H,16,17). The Bertz CT molecular complexity index is 326. The van der Waals surface area contributed by atoms with E-state index in [1.54, 1.807) is 6.92 Å². The molecule has 0 rings (SSSR count). The smallest absolute Gasteiger partial charge is 0.320 e. The van der Waals surface area contributed by atoms with Crippen LogP contribution < -0.4 is 0 Å². The molecule has 0 radical (unpaired) electrons. The van der Waals surface area contributed by atoms with E-state index in [9.17, 15) is 19.5 Å². The topological polar surface area (TPSA) is 121 Å². The highest BCUT2D eigenvalue weighted by Gasteiger charge is 2.28. The van der Waals surface area contributed by atoms with Crippen LogP contribution in [0, 0.1) is 11.8 Å². The summed E-state index contributed by atoms with van der Waals surface area (Å²) in [5.41, 5.74) is 0. The molecule has 3 N–H and O–H groups in total. The Morgan fingerprint density at radius 1 is 1.11 bits per heavy atom. The summed E-state index contributed by atoms with van der Waals surface area (Å²) in [4.78, 5) is 32.8. The minimum absolute atomic E-state index is 0.0375. The summed E-state index contributed by atoms with van der Waals surface area (Å²) in [5.74, 6) is -5.18. The van der Waals surface area contributed by atoms with Gasteiger partial charge < -0.3 is 20.1 Å². The molecule has 0 heterocycles. The molecule has 0 aliphatic rings. The lowest BCUT2D eigenvalue weighted by Gasteiger charge is -2.16. The van der Waals surface area contributed by atoms with Crippen LogP contribution in [0.25, 0.3) is 0 Å². The zero-order valence-electron chi connectivity index (χ0n) is 11.0. The van der Waals surface area contributed by atoms with E-state index in [4.69, 9.17) is 10.2 Å². The maximum atomic E-state index is 11.2. The first kappa shape index (κ1) is 17.4. The molecule has 0 saturated carbocycles. The normalized spacial score (nSPS) is 15.3. The van der Waals surface area contributed by atoms with Gasteiger partial charge in [0.25, 0.3) is 0 Å². The van der Waals surface area contributed by atoms with E-state index >= 15 is 0 Å². The van der Waals surface area contributed by atoms with E-state index in [0.717, 1.165) is 7.11 Å². The molecule has 7 nitrogen and oxygen atoms in total. The van der Waals surface area contributed by atoms with Crippen LogP contribution in [0.5, 0.6) is 0 Å². The number of hydrogen-bond donors (Lipinski definition) is 3. The number of aliphatic hydroxyl groups excluding tert-OH is 1. The number of esters is 1. The third kappa shape index (κ3) is 6.19. The highest BCUT2D eigenvalue weighted by molar-refractivity contribution is 5.93. The molecule has 0 amide bonds. The van der Waals surface area contributed by atoms with Crippen molar-refractivity contribution in [3.63, 3.8) is 0 Å². The zero-order chi connectivity index (χ0) is 15.0. The predicted molar refractivity (Wildman–Crippen MR) is 64.4 cm³/mol. The van der Waals surface area contributed by atoms with Gasteiger partial charge in [-0.25, -0.2) is 0 Å². The monoisotopic (exact) mass is 276 g/mol. The Balaban J connectivity index is 4.33. The van der Waals surface area contributed by atoms with Gasteiger partial charge in [-0.3, -0.25) is 14.4 Å². The van der Waals surface area contributed by atoms with Gasteiger partial charge in [0.15, 0.2) is 5.92 Å². The molecular weight excluding hydrogens is 256 g/mol. The molecule has 7 heteroatoms. The fourth-order valence-electron chi connectivity index (χ4n) is 1.73. The number of rotatable bonds is 9. The number of carboxylic acid groups (broad SMARTS) is 2. The zero-order valence-corrected chi connectivity index (χ0v) is 11.0. The number of carbonyl (C=O) groups is 3. The molecular formula is C12H20O7. The van der Waals surface area contributed by atoms with E-state index in [1.165, 1.54) is 0 Å². The van der Waals surface area contributed by atoms with Crippen LogP contribution in [0.3, 0.4) is 0 Å². The van der Waals surface area contributed by atoms with E-state index in [2.05, 4.69) is 4.74 Å². The maximum absolute atomic E-state index is 11.2. The number of aliphatic carboxylic acids is 2. The number of methoxy groups -OCH3 is 1. The average Bonchev–Trinajstić information content (AvgIpc) is 2.34. The van der Waals surface area contributed by atoms with Gasteiger partial charge in [0.05, 0.1) is 19.1 Å². The lowest BCUT2D eigenvalue weighted by Crippen LogP contribution is -2.27. The number of ether oxygens (including phenoxy) is 1. The molecule has 0 spiro atoms. The molecule has 0 saturated heterocycles. The Labute approximate surface area is 111 Å². The number of carbonyl (C=O) groups excluding carboxylic acids is 1. The summed E-state index contributed by atoms with van der Waals surface area (Å²) < 4.78 is 4.35. The first-order chi connectivity index (χ1) is 8.83. The van der Waals surface area contributed by atoms with Crippen molar-refractivity contribution in [2.45, 2.75) is 38.7 Å². The summed E-state index contributed by atoms with van der Waals surface area (Å²) >= 11 is 0. The van der Waals surface area contributed by atoms with Crippen molar-refractivity contribution in [1.82, 2.24) is 0 Å². The fraction of sp³-hybridized carbons (Fsp3) is 0.750. The highest BCUT2D eigenvalue weighted by Crippen LogP contribution is 2.18. The van der Waals surface area contributed by atoms with E-state index < -0.39 is 35.8 Å². The van der Waals surface area contributed by atoms with E-state index in [0.29, 0.717) is 6.42 Å². The van der Waals surface area contributed by atoms with Crippen molar-refractivity contribution >= 4 is 17.9 Å². The first-order valence-electron chi connectivity index (χ1n) is 6.04. The van der Waals surface area contributed by atoms with Gasteiger partial charge >= 0.3 is 17.9 Å². The molecule has 0 aromatic heterocycles. The molecule has 0 bridgehead atoms. The van der Waals surface area contributed by atoms with Crippen LogP contribution in [-0.4, -0.2) is 46.4 Å². The fourth-order valence-corrected chi connectivity index (χ4v) is 1.73. The SMILES string of the molecule is CCC(CC(O)CCC(C(=O)O)C(=O)OC)C(=O)O. The second-order valence-electron chi connectivity index (χ2n) is 4.32. The van der Waals surface area contributed by atoms with E-state index in [-0.39, 0.29) is 19.3 Å². The Morgan fingerprint density at radius 2 is 1.68 bits per heavy atom. The molecule has 3 atom stereocenters. The summed E-state index contributed by atoms with van der Waals surface area (Å²) in [7, 11) is 1.09. The largest absolute Gasteiger partial charge is 0.481 e. The predicted octanol–water partition coefficient (Wildman–Crippen LogP) is 0.502. The maximum Gasteiger partial charge on any atom is 0.320 e. The first-order valence-corrected chi connectivity index (χ1v) is 6.04. The van der Waals surface area contributed by atoms with Crippen molar-refractivity contribution < 1.29 is 34.4 Å². The van der Waals surface area contributed by atoms with Crippen LogP contribution in [0.2, 0.25) is 0 Å². The number of carboxylic acids is 2. The minimum atomic E-state index is -1.33. The molecule has 0 aliphatic carbocycles. The summed E-state index contributed by atoms with van der Waals surface area (Å²) in [6, 6.07) is 0. The van der Waals surface area contributed by atoms with Gasteiger partial charge in [0, 0.05) is 0 Å². The summed E-state index contributed by atoms with van der Waals surface area (Å²) in [6.07, 6.45) is -0.576. The second kappa shape index (κ2) is 8.47. The molecule has 0 aliphatic heterocycles. The Kier molecular flexibility index (Phi) is 7.74. The lowest BCUT2D eigenvalue weighted by atomic mass is 9.93. The van der Waals surface area contributed by atoms with Crippen LogP contribution in [0.4, 0.5) is 0 Å². The molecule has 0 fully saturated rings. The molecule has 0 aromatic carbocycles. The van der Waals surface area contributed by atoms with Gasteiger partial charge in [-0.05, 0) is 25.7 Å². The lowest BCUT2D eigenvalue weighted by molar-refractivity contribution is -0.157. The van der Waals surface area contributed by atoms with Gasteiger partial charge in [0.2, 0.25) is 0 Å². The number of aliphatic hydroxyl groups is 1. The highest BCUT2D eigenvalue weighted by atomic mass is 16.5. The second-order valence-corrected chi connectivity index (χ2v) is 4.32. The van der Waals surface area contributed by atoms with Gasteiger partial charge in [-0.15, -0.1) is 0 Å². The van der Waals surface area contributed by atoms with Crippen LogP contribution in [0.15, 0.2) is 0 Å². The molecule has 110 valence electrons. The third-order valence-electron chi connectivity index (χ3n) is 2.97. The Hall–Kier alpha value is -1.63. The van der Waals surface area contributed by atoms with Gasteiger partial charge in [0.1, 0.15) is 0 Å². The van der Waals surface area contributed by atoms with Crippen LogP contribution in [0.1, 0.15) is 32.6 Å². The van der Waals surface area contributed by atoms with Crippen molar-refractivity contribution in [1.29, 1.82) is 0 Å². The molecule has 0 aromatic rings. The summed E-state index contributed by atoms with van der Waals surface area (Å²) in [6.45, 7) is 1.69. The third-order valence-corrected chi connectivity index (χ3v) is 2.97. The Morgan fingerprint density at radius 3 is 2.05 bits per heavy atom. The molecule has 3 unspecified atom stereocenters. The van der Waals surface area contributed by atoms with Crippen molar-refractivity contribution in [3.05, 3.63) is 0 Å². The average molecular weight is 276 g/mol.